The minimum absolute atomic E-state index is 0.0489. The van der Waals surface area contributed by atoms with E-state index in [1.165, 1.54) is 0 Å². The van der Waals surface area contributed by atoms with Gasteiger partial charge in [0.2, 0.25) is 5.76 Å². The Morgan fingerprint density at radius 2 is 1.67 bits per heavy atom. The molecule has 0 amide bonds. The first-order valence-corrected chi connectivity index (χ1v) is 11.9. The van der Waals surface area contributed by atoms with Gasteiger partial charge < -0.3 is 24.4 Å². The molecule has 1 aromatic heterocycles. The van der Waals surface area contributed by atoms with Crippen LogP contribution in [-0.2, 0) is 33.8 Å². The number of nitrogens with two attached hydrogens (primary N) is 1. The van der Waals surface area contributed by atoms with Crippen LogP contribution in [0.2, 0.25) is 0 Å². The number of benzene rings is 3. The minimum atomic E-state index is -0.557. The van der Waals surface area contributed by atoms with Gasteiger partial charge in [0.1, 0.15) is 17.9 Å². The molecule has 7 heteroatoms. The molecule has 0 saturated heterocycles. The molecule has 4 rings (SSSR count). The average molecular weight is 488 g/mol. The van der Waals surface area contributed by atoms with Gasteiger partial charge in [-0.1, -0.05) is 42.5 Å². The van der Waals surface area contributed by atoms with Gasteiger partial charge in [-0.05, 0) is 54.8 Å². The molecular weight excluding hydrogens is 458 g/mol. The Morgan fingerprint density at radius 3 is 2.44 bits per heavy atom. The van der Waals surface area contributed by atoms with E-state index in [9.17, 15) is 9.59 Å². The number of hydrogen-bond donors (Lipinski definition) is 1. The van der Waals surface area contributed by atoms with Crippen LogP contribution in [0.4, 0.5) is 0 Å². The number of para-hydroxylation sites is 1. The van der Waals surface area contributed by atoms with Crippen molar-refractivity contribution in [1.29, 1.82) is 0 Å². The zero-order valence-corrected chi connectivity index (χ0v) is 20.4. The lowest BCUT2D eigenvalue weighted by Gasteiger charge is -2.12. The highest BCUT2D eigenvalue weighted by Gasteiger charge is 2.23. The quantitative estimate of drug-likeness (QED) is 0.298. The van der Waals surface area contributed by atoms with Gasteiger partial charge in [0.15, 0.2) is 0 Å². The van der Waals surface area contributed by atoms with E-state index in [1.807, 2.05) is 60.7 Å². The van der Waals surface area contributed by atoms with Crippen LogP contribution in [0.25, 0.3) is 22.1 Å². The van der Waals surface area contributed by atoms with Crippen molar-refractivity contribution in [1.82, 2.24) is 0 Å². The summed E-state index contributed by atoms with van der Waals surface area (Å²) in [7, 11) is 0. The molecular formula is C29H29NO6. The number of carbonyl (C=O) groups excluding carboxylic acids is 2. The summed E-state index contributed by atoms with van der Waals surface area (Å²) in [5, 5.41) is 0.747. The van der Waals surface area contributed by atoms with E-state index in [4.69, 9.17) is 24.4 Å². The van der Waals surface area contributed by atoms with Gasteiger partial charge in [0.25, 0.3) is 0 Å². The second kappa shape index (κ2) is 11.6. The summed E-state index contributed by atoms with van der Waals surface area (Å²) in [6.07, 6.45) is 0.0858. The fourth-order valence-corrected chi connectivity index (χ4v) is 4.02. The molecule has 186 valence electrons. The topological polar surface area (TPSA) is 101 Å². The molecule has 0 spiro atoms. The van der Waals surface area contributed by atoms with Crippen molar-refractivity contribution >= 4 is 22.9 Å². The molecule has 36 heavy (non-hydrogen) atoms. The van der Waals surface area contributed by atoms with Crippen LogP contribution in [0.1, 0.15) is 41.1 Å². The first kappa shape index (κ1) is 25.0. The van der Waals surface area contributed by atoms with Gasteiger partial charge >= 0.3 is 11.9 Å². The molecule has 0 fully saturated rings. The average Bonchev–Trinajstić information content (AvgIpc) is 3.26. The van der Waals surface area contributed by atoms with E-state index in [2.05, 4.69) is 0 Å². The van der Waals surface area contributed by atoms with Crippen LogP contribution in [0, 0.1) is 0 Å². The zero-order valence-electron chi connectivity index (χ0n) is 20.4. The number of carbonyl (C=O) groups is 2. The van der Waals surface area contributed by atoms with Crippen LogP contribution in [0.5, 0.6) is 5.75 Å². The van der Waals surface area contributed by atoms with Crippen molar-refractivity contribution in [3.63, 3.8) is 0 Å². The molecule has 0 saturated carbocycles. The molecule has 0 aliphatic heterocycles. The standard InChI is InChI=1S/C29H29NO6/c1-3-33-27(31)16-22-9-5-6-11-25(22)35-18-24-23-15-21(20-10-7-8-19(14-20)17-30)12-13-26(23)36-28(24)29(32)34-4-2/h5-15H,3-4,16-18,30H2,1-2H3. The van der Waals surface area contributed by atoms with Gasteiger partial charge in [0, 0.05) is 17.5 Å². The molecule has 0 atom stereocenters. The Balaban J connectivity index is 1.71. The Labute approximate surface area is 209 Å². The largest absolute Gasteiger partial charge is 0.488 e. The summed E-state index contributed by atoms with van der Waals surface area (Å²) in [6.45, 7) is 4.52. The van der Waals surface area contributed by atoms with Crippen molar-refractivity contribution < 1.29 is 28.2 Å². The Bertz CT molecular complexity index is 1370. The maximum Gasteiger partial charge on any atom is 0.374 e. The molecule has 4 aromatic rings. The third-order valence-corrected chi connectivity index (χ3v) is 5.73. The molecule has 3 aromatic carbocycles. The van der Waals surface area contributed by atoms with Crippen LogP contribution >= 0.6 is 0 Å². The molecule has 0 radical (unpaired) electrons. The second-order valence-electron chi connectivity index (χ2n) is 8.12. The van der Waals surface area contributed by atoms with E-state index < -0.39 is 5.97 Å². The monoisotopic (exact) mass is 487 g/mol. The fraction of sp³-hybridized carbons (Fsp3) is 0.241. The highest BCUT2D eigenvalue weighted by molar-refractivity contribution is 5.97. The highest BCUT2D eigenvalue weighted by atomic mass is 16.5. The summed E-state index contributed by atoms with van der Waals surface area (Å²) < 4.78 is 22.4. The van der Waals surface area contributed by atoms with Gasteiger partial charge in [-0.2, -0.15) is 0 Å². The maximum atomic E-state index is 12.7. The number of ether oxygens (including phenoxy) is 3. The van der Waals surface area contributed by atoms with E-state index in [0.29, 0.717) is 35.6 Å². The van der Waals surface area contributed by atoms with E-state index >= 15 is 0 Å². The predicted octanol–water partition coefficient (Wildman–Crippen LogP) is 5.42. The van der Waals surface area contributed by atoms with Crippen molar-refractivity contribution in [3.8, 4) is 16.9 Å². The van der Waals surface area contributed by atoms with Crippen molar-refractivity contribution in [2.45, 2.75) is 33.4 Å². The third kappa shape index (κ3) is 5.58. The Kier molecular flexibility index (Phi) is 8.02. The summed E-state index contributed by atoms with van der Waals surface area (Å²) >= 11 is 0. The SMILES string of the molecule is CCOC(=O)Cc1ccccc1OCc1c(C(=O)OCC)oc2ccc(-c3cccc(CN)c3)cc12. The molecule has 0 aliphatic rings. The maximum absolute atomic E-state index is 12.7. The Morgan fingerprint density at radius 1 is 0.889 bits per heavy atom. The number of rotatable bonds is 10. The fourth-order valence-electron chi connectivity index (χ4n) is 4.02. The third-order valence-electron chi connectivity index (χ3n) is 5.73. The first-order valence-electron chi connectivity index (χ1n) is 11.9. The zero-order chi connectivity index (χ0) is 25.5. The summed E-state index contributed by atoms with van der Waals surface area (Å²) in [5.41, 5.74) is 10.6. The molecule has 0 bridgehead atoms. The number of fused-ring (bicyclic) bond motifs is 1. The van der Waals surface area contributed by atoms with Crippen LogP contribution in [-0.4, -0.2) is 25.2 Å². The van der Waals surface area contributed by atoms with Crippen molar-refractivity contribution in [2.75, 3.05) is 13.2 Å². The predicted molar refractivity (Wildman–Crippen MR) is 137 cm³/mol. The lowest BCUT2D eigenvalue weighted by atomic mass is 10.0. The van der Waals surface area contributed by atoms with E-state index in [-0.39, 0.29) is 31.4 Å². The van der Waals surface area contributed by atoms with Crippen LogP contribution in [0.15, 0.2) is 71.1 Å². The van der Waals surface area contributed by atoms with E-state index in [0.717, 1.165) is 22.1 Å². The summed E-state index contributed by atoms with van der Waals surface area (Å²) in [4.78, 5) is 24.8. The van der Waals surface area contributed by atoms with Crippen molar-refractivity contribution in [2.24, 2.45) is 5.73 Å². The lowest BCUT2D eigenvalue weighted by molar-refractivity contribution is -0.142. The molecule has 2 N–H and O–H groups in total. The number of furan rings is 1. The normalized spacial score (nSPS) is 10.9. The molecule has 0 aliphatic carbocycles. The summed E-state index contributed by atoms with van der Waals surface area (Å²) in [5.74, 6) is -0.262. The second-order valence-corrected chi connectivity index (χ2v) is 8.12. The Hall–Kier alpha value is -4.10. The van der Waals surface area contributed by atoms with Crippen molar-refractivity contribution in [3.05, 3.63) is 89.2 Å². The molecule has 0 unspecified atom stereocenters. The molecule has 1 heterocycles. The first-order chi connectivity index (χ1) is 17.5. The minimum Gasteiger partial charge on any atom is -0.488 e. The number of esters is 2. The number of hydrogen-bond acceptors (Lipinski definition) is 7. The van der Waals surface area contributed by atoms with Gasteiger partial charge in [-0.25, -0.2) is 4.79 Å². The summed E-state index contributed by atoms with van der Waals surface area (Å²) in [6, 6.07) is 21.0. The lowest BCUT2D eigenvalue weighted by Crippen LogP contribution is -2.10. The van der Waals surface area contributed by atoms with E-state index in [1.54, 1.807) is 19.9 Å². The smallest absolute Gasteiger partial charge is 0.374 e. The van der Waals surface area contributed by atoms with Gasteiger partial charge in [-0.15, -0.1) is 0 Å². The van der Waals surface area contributed by atoms with Gasteiger partial charge in [-0.3, -0.25) is 4.79 Å². The highest BCUT2D eigenvalue weighted by Crippen LogP contribution is 2.33. The van der Waals surface area contributed by atoms with Crippen LogP contribution in [0.3, 0.4) is 0 Å². The van der Waals surface area contributed by atoms with Crippen LogP contribution < -0.4 is 10.5 Å². The molecule has 7 nitrogen and oxygen atoms in total. The van der Waals surface area contributed by atoms with Gasteiger partial charge in [0.05, 0.1) is 25.2 Å².